The molecule has 0 atom stereocenters. The molecule has 0 amide bonds. The van der Waals surface area contributed by atoms with Gasteiger partial charge in [0, 0.05) is 6.07 Å². The Morgan fingerprint density at radius 3 is 2.45 bits per heavy atom. The summed E-state index contributed by atoms with van der Waals surface area (Å²) in [5.74, 6) is -0.722. The number of benzene rings is 1. The van der Waals surface area contributed by atoms with Gasteiger partial charge in [-0.15, -0.1) is 0 Å². The van der Waals surface area contributed by atoms with Gasteiger partial charge >= 0.3 is 5.97 Å². The lowest BCUT2D eigenvalue weighted by molar-refractivity contribution is -0.149. The van der Waals surface area contributed by atoms with Crippen LogP contribution >= 0.6 is 0 Å². The largest absolute Gasteiger partial charge is 0.497 e. The molecule has 2 rings (SSSR count). The van der Waals surface area contributed by atoms with Crippen LogP contribution in [-0.4, -0.2) is 18.2 Å². The number of hydrogen-bond acceptors (Lipinski definition) is 2. The smallest absolute Gasteiger partial charge is 0.309 e. The summed E-state index contributed by atoms with van der Waals surface area (Å²) in [5.41, 5.74) is -0.346. The van der Waals surface area contributed by atoms with Crippen LogP contribution in [-0.2, 0) is 11.2 Å². The van der Waals surface area contributed by atoms with E-state index in [2.05, 4.69) is 0 Å². The zero-order valence-corrected chi connectivity index (χ0v) is 11.8. The number of aliphatic carboxylic acids is 1. The molecular weight excluding hydrogens is 259 g/mol. The van der Waals surface area contributed by atoms with Crippen molar-refractivity contribution in [3.8, 4) is 5.75 Å². The highest BCUT2D eigenvalue weighted by molar-refractivity contribution is 5.75. The second kappa shape index (κ2) is 6.25. The van der Waals surface area contributed by atoms with Gasteiger partial charge in [0.25, 0.3) is 0 Å². The average Bonchev–Trinajstić information content (AvgIpc) is 2.67. The quantitative estimate of drug-likeness (QED) is 0.853. The summed E-state index contributed by atoms with van der Waals surface area (Å²) in [6, 6.07) is 4.65. The molecule has 0 radical (unpaired) electrons. The number of rotatable bonds is 4. The van der Waals surface area contributed by atoms with E-state index in [4.69, 9.17) is 4.74 Å². The molecular formula is C16H21FO3. The van der Waals surface area contributed by atoms with Gasteiger partial charge in [0.1, 0.15) is 11.6 Å². The zero-order chi connectivity index (χ0) is 14.6. The van der Waals surface area contributed by atoms with Crippen molar-refractivity contribution >= 4 is 5.97 Å². The van der Waals surface area contributed by atoms with Crippen LogP contribution in [0.2, 0.25) is 0 Å². The Hall–Kier alpha value is -1.58. The molecule has 0 heterocycles. The molecule has 3 nitrogen and oxygen atoms in total. The van der Waals surface area contributed by atoms with Crippen molar-refractivity contribution in [2.45, 2.75) is 44.9 Å². The SMILES string of the molecule is COc1ccc(CC2(C(=O)O)CCCCCC2)c(F)c1. The molecule has 110 valence electrons. The predicted octanol–water partition coefficient (Wildman–Crippen LogP) is 3.80. The molecule has 4 heteroatoms. The highest BCUT2D eigenvalue weighted by Gasteiger charge is 2.39. The first-order valence-corrected chi connectivity index (χ1v) is 7.13. The molecule has 1 aromatic carbocycles. The van der Waals surface area contributed by atoms with E-state index < -0.39 is 11.4 Å². The van der Waals surface area contributed by atoms with E-state index in [1.54, 1.807) is 12.1 Å². The summed E-state index contributed by atoms with van der Waals surface area (Å²) >= 11 is 0. The second-order valence-corrected chi connectivity index (χ2v) is 5.63. The summed E-state index contributed by atoms with van der Waals surface area (Å²) in [7, 11) is 1.48. The Kier molecular flexibility index (Phi) is 4.63. The maximum Gasteiger partial charge on any atom is 0.309 e. The van der Waals surface area contributed by atoms with Gasteiger partial charge in [-0.1, -0.05) is 31.7 Å². The molecule has 20 heavy (non-hydrogen) atoms. The van der Waals surface area contributed by atoms with E-state index in [-0.39, 0.29) is 12.2 Å². The van der Waals surface area contributed by atoms with E-state index in [0.717, 1.165) is 25.7 Å². The fourth-order valence-electron chi connectivity index (χ4n) is 3.03. The number of carbonyl (C=O) groups is 1. The summed E-state index contributed by atoms with van der Waals surface area (Å²) < 4.78 is 19.0. The molecule has 1 saturated carbocycles. The van der Waals surface area contributed by atoms with Crippen LogP contribution < -0.4 is 4.74 Å². The van der Waals surface area contributed by atoms with E-state index in [0.29, 0.717) is 24.2 Å². The van der Waals surface area contributed by atoms with E-state index in [1.165, 1.54) is 13.2 Å². The summed E-state index contributed by atoms with van der Waals surface area (Å²) in [5, 5.41) is 9.62. The lowest BCUT2D eigenvalue weighted by Gasteiger charge is -2.28. The number of hydrogen-bond donors (Lipinski definition) is 1. The molecule has 1 aromatic rings. The molecule has 1 fully saturated rings. The maximum absolute atomic E-state index is 14.1. The number of carboxylic acids is 1. The fourth-order valence-corrected chi connectivity index (χ4v) is 3.03. The Balaban J connectivity index is 2.25. The minimum absolute atomic E-state index is 0.262. The lowest BCUT2D eigenvalue weighted by Crippen LogP contribution is -2.33. The number of halogens is 1. The molecule has 1 aliphatic rings. The first-order chi connectivity index (χ1) is 9.57. The van der Waals surface area contributed by atoms with Crippen molar-refractivity contribution in [2.75, 3.05) is 7.11 Å². The Labute approximate surface area is 118 Å². The molecule has 0 bridgehead atoms. The molecule has 0 unspecified atom stereocenters. The van der Waals surface area contributed by atoms with Crippen LogP contribution in [0.4, 0.5) is 4.39 Å². The Morgan fingerprint density at radius 2 is 1.95 bits per heavy atom. The minimum Gasteiger partial charge on any atom is -0.497 e. The van der Waals surface area contributed by atoms with Gasteiger partial charge in [-0.25, -0.2) is 4.39 Å². The Morgan fingerprint density at radius 1 is 1.30 bits per heavy atom. The summed E-state index contributed by atoms with van der Waals surface area (Å²) in [6.45, 7) is 0. The lowest BCUT2D eigenvalue weighted by atomic mass is 9.75. The van der Waals surface area contributed by atoms with Crippen LogP contribution in [0.25, 0.3) is 0 Å². The number of ether oxygens (including phenoxy) is 1. The van der Waals surface area contributed by atoms with Gasteiger partial charge in [0.05, 0.1) is 12.5 Å². The third-order valence-corrected chi connectivity index (χ3v) is 4.30. The normalized spacial score (nSPS) is 18.3. The van der Waals surface area contributed by atoms with E-state index >= 15 is 0 Å². The van der Waals surface area contributed by atoms with E-state index in [1.807, 2.05) is 0 Å². The summed E-state index contributed by atoms with van der Waals surface area (Å²) in [6.07, 6.45) is 5.48. The van der Waals surface area contributed by atoms with Crippen LogP contribution in [0.15, 0.2) is 18.2 Å². The highest BCUT2D eigenvalue weighted by Crippen LogP contribution is 2.39. The zero-order valence-electron chi connectivity index (χ0n) is 11.8. The number of carboxylic acid groups (broad SMARTS) is 1. The van der Waals surface area contributed by atoms with Crippen molar-refractivity contribution in [3.63, 3.8) is 0 Å². The molecule has 0 aromatic heterocycles. The predicted molar refractivity (Wildman–Crippen MR) is 74.4 cm³/mol. The van der Waals surface area contributed by atoms with Gasteiger partial charge in [-0.05, 0) is 30.9 Å². The molecule has 1 N–H and O–H groups in total. The highest BCUT2D eigenvalue weighted by atomic mass is 19.1. The van der Waals surface area contributed by atoms with Gasteiger partial charge in [0.15, 0.2) is 0 Å². The third-order valence-electron chi connectivity index (χ3n) is 4.30. The third kappa shape index (κ3) is 3.11. The van der Waals surface area contributed by atoms with Gasteiger partial charge in [-0.2, -0.15) is 0 Å². The Bertz CT molecular complexity index is 477. The van der Waals surface area contributed by atoms with Crippen LogP contribution in [0.1, 0.15) is 44.1 Å². The van der Waals surface area contributed by atoms with Crippen molar-refractivity contribution < 1.29 is 19.0 Å². The molecule has 1 aliphatic carbocycles. The number of methoxy groups -OCH3 is 1. The van der Waals surface area contributed by atoms with Crippen LogP contribution in [0.5, 0.6) is 5.75 Å². The van der Waals surface area contributed by atoms with Crippen LogP contribution in [0.3, 0.4) is 0 Å². The summed E-state index contributed by atoms with van der Waals surface area (Å²) in [4.78, 5) is 11.7. The fraction of sp³-hybridized carbons (Fsp3) is 0.562. The van der Waals surface area contributed by atoms with Crippen LogP contribution in [0, 0.1) is 11.2 Å². The van der Waals surface area contributed by atoms with E-state index in [9.17, 15) is 14.3 Å². The van der Waals surface area contributed by atoms with Gasteiger partial charge in [-0.3, -0.25) is 4.79 Å². The first-order valence-electron chi connectivity index (χ1n) is 7.13. The maximum atomic E-state index is 14.1. The first kappa shape index (κ1) is 14.8. The minimum atomic E-state index is -0.814. The van der Waals surface area contributed by atoms with Gasteiger partial charge < -0.3 is 9.84 Å². The molecule has 0 saturated heterocycles. The topological polar surface area (TPSA) is 46.5 Å². The van der Waals surface area contributed by atoms with Crippen molar-refractivity contribution in [3.05, 3.63) is 29.6 Å². The monoisotopic (exact) mass is 280 g/mol. The second-order valence-electron chi connectivity index (χ2n) is 5.63. The van der Waals surface area contributed by atoms with Crippen molar-refractivity contribution in [2.24, 2.45) is 5.41 Å². The van der Waals surface area contributed by atoms with Crippen molar-refractivity contribution in [1.29, 1.82) is 0 Å². The van der Waals surface area contributed by atoms with Crippen molar-refractivity contribution in [1.82, 2.24) is 0 Å². The molecule has 0 spiro atoms. The van der Waals surface area contributed by atoms with Gasteiger partial charge in [0.2, 0.25) is 0 Å². The standard InChI is InChI=1S/C16H21FO3/c1-20-13-7-6-12(14(17)10-13)11-16(15(18)19)8-4-2-3-5-9-16/h6-7,10H,2-5,8-9,11H2,1H3,(H,18,19). The molecule has 0 aliphatic heterocycles. The average molecular weight is 280 g/mol.